The Kier molecular flexibility index (Phi) is 6.69. The summed E-state index contributed by atoms with van der Waals surface area (Å²) >= 11 is 0. The first kappa shape index (κ1) is 21.8. The lowest BCUT2D eigenvalue weighted by Gasteiger charge is -2.34. The molecule has 1 fully saturated rings. The van der Waals surface area contributed by atoms with E-state index in [0.717, 1.165) is 24.1 Å². The molecule has 0 aliphatic carbocycles. The van der Waals surface area contributed by atoms with Crippen LogP contribution in [0.1, 0.15) is 51.4 Å². The van der Waals surface area contributed by atoms with Crippen LogP contribution in [0, 0.1) is 0 Å². The fourth-order valence-electron chi connectivity index (χ4n) is 4.20. The summed E-state index contributed by atoms with van der Waals surface area (Å²) in [4.78, 5) is 29.7. The summed E-state index contributed by atoms with van der Waals surface area (Å²) < 4.78 is 1.92. The summed E-state index contributed by atoms with van der Waals surface area (Å²) in [6, 6.07) is 17.9. The van der Waals surface area contributed by atoms with Gasteiger partial charge in [0.2, 0.25) is 0 Å². The zero-order valence-electron chi connectivity index (χ0n) is 18.8. The molecular weight excluding hydrogens is 400 g/mol. The molecule has 0 radical (unpaired) electrons. The summed E-state index contributed by atoms with van der Waals surface area (Å²) in [6.07, 6.45) is 3.38. The summed E-state index contributed by atoms with van der Waals surface area (Å²) in [5.74, 6) is 0.0326. The maximum absolute atomic E-state index is 13.2. The Morgan fingerprint density at radius 1 is 0.781 bits per heavy atom. The minimum Gasteiger partial charge on any atom is -0.335 e. The molecule has 0 bridgehead atoms. The van der Waals surface area contributed by atoms with E-state index >= 15 is 0 Å². The van der Waals surface area contributed by atoms with Crippen LogP contribution < -0.4 is 0 Å². The number of rotatable bonds is 6. The van der Waals surface area contributed by atoms with Gasteiger partial charge in [-0.05, 0) is 36.1 Å². The van der Waals surface area contributed by atoms with Crippen molar-refractivity contribution in [2.75, 3.05) is 26.2 Å². The van der Waals surface area contributed by atoms with Gasteiger partial charge in [-0.25, -0.2) is 0 Å². The van der Waals surface area contributed by atoms with Gasteiger partial charge < -0.3 is 9.80 Å². The molecule has 166 valence electrons. The van der Waals surface area contributed by atoms with Gasteiger partial charge in [0, 0.05) is 31.7 Å². The molecule has 2 amide bonds. The largest absolute Gasteiger partial charge is 0.335 e. The first-order valence-electron chi connectivity index (χ1n) is 11.4. The minimum absolute atomic E-state index is 0.000518. The summed E-state index contributed by atoms with van der Waals surface area (Å²) in [5.41, 5.74) is 4.70. The SMILES string of the molecule is CCc1ccc(C(=O)N2CCN(C(=O)c3cnn(Cc4ccccc4)c3CC)CC2)cc1. The van der Waals surface area contributed by atoms with Crippen LogP contribution in [0.25, 0.3) is 0 Å². The lowest BCUT2D eigenvalue weighted by atomic mass is 10.1. The highest BCUT2D eigenvalue weighted by molar-refractivity contribution is 5.96. The van der Waals surface area contributed by atoms with Crippen molar-refractivity contribution >= 4 is 11.8 Å². The van der Waals surface area contributed by atoms with Gasteiger partial charge in [-0.15, -0.1) is 0 Å². The zero-order valence-corrected chi connectivity index (χ0v) is 18.8. The number of piperazine rings is 1. The number of carbonyl (C=O) groups is 2. The Bertz CT molecular complexity index is 1060. The number of hydrogen-bond donors (Lipinski definition) is 0. The molecule has 32 heavy (non-hydrogen) atoms. The highest BCUT2D eigenvalue weighted by Crippen LogP contribution is 2.17. The summed E-state index contributed by atoms with van der Waals surface area (Å²) in [5, 5.41) is 4.50. The van der Waals surface area contributed by atoms with Gasteiger partial charge in [0.1, 0.15) is 0 Å². The molecule has 0 atom stereocenters. The van der Waals surface area contributed by atoms with Crippen molar-refractivity contribution in [2.45, 2.75) is 33.2 Å². The van der Waals surface area contributed by atoms with Gasteiger partial charge in [-0.3, -0.25) is 14.3 Å². The van der Waals surface area contributed by atoms with Gasteiger partial charge in [0.05, 0.1) is 24.0 Å². The smallest absolute Gasteiger partial charge is 0.257 e. The maximum atomic E-state index is 13.2. The third-order valence-electron chi connectivity index (χ3n) is 6.15. The van der Waals surface area contributed by atoms with Crippen LogP contribution in [0.5, 0.6) is 0 Å². The van der Waals surface area contributed by atoms with Crippen molar-refractivity contribution < 1.29 is 9.59 Å². The van der Waals surface area contributed by atoms with Crippen molar-refractivity contribution in [3.8, 4) is 0 Å². The minimum atomic E-state index is 0.000518. The molecule has 1 saturated heterocycles. The van der Waals surface area contributed by atoms with Crippen LogP contribution in [0.2, 0.25) is 0 Å². The van der Waals surface area contributed by atoms with Crippen LogP contribution in [-0.2, 0) is 19.4 Å². The number of carbonyl (C=O) groups excluding carboxylic acids is 2. The number of nitrogens with zero attached hydrogens (tertiary/aromatic N) is 4. The Labute approximate surface area is 189 Å². The first-order chi connectivity index (χ1) is 15.6. The number of benzene rings is 2. The Balaban J connectivity index is 1.40. The topological polar surface area (TPSA) is 58.4 Å². The van der Waals surface area contributed by atoms with Crippen LogP contribution in [-0.4, -0.2) is 57.6 Å². The first-order valence-corrected chi connectivity index (χ1v) is 11.4. The molecular formula is C26H30N4O2. The van der Waals surface area contributed by atoms with Gasteiger partial charge in [0.15, 0.2) is 0 Å². The van der Waals surface area contributed by atoms with Gasteiger partial charge in [-0.2, -0.15) is 5.10 Å². The number of aromatic nitrogens is 2. The van der Waals surface area contributed by atoms with E-state index in [1.807, 2.05) is 56.9 Å². The van der Waals surface area contributed by atoms with Gasteiger partial charge >= 0.3 is 0 Å². The van der Waals surface area contributed by atoms with Crippen LogP contribution in [0.3, 0.4) is 0 Å². The highest BCUT2D eigenvalue weighted by atomic mass is 16.2. The molecule has 4 rings (SSSR count). The van der Waals surface area contributed by atoms with E-state index in [1.165, 1.54) is 5.56 Å². The number of amides is 2. The van der Waals surface area contributed by atoms with Crippen LogP contribution in [0.4, 0.5) is 0 Å². The Morgan fingerprint density at radius 2 is 1.41 bits per heavy atom. The van der Waals surface area contributed by atoms with E-state index < -0.39 is 0 Å². The molecule has 0 N–H and O–H groups in total. The molecule has 0 saturated carbocycles. The monoisotopic (exact) mass is 430 g/mol. The number of aryl methyl sites for hydroxylation is 1. The number of hydrogen-bond acceptors (Lipinski definition) is 3. The van der Waals surface area contributed by atoms with Crippen LogP contribution >= 0.6 is 0 Å². The predicted octanol–water partition coefficient (Wildman–Crippen LogP) is 3.65. The quantitative estimate of drug-likeness (QED) is 0.600. The van der Waals surface area contributed by atoms with Crippen molar-refractivity contribution in [1.29, 1.82) is 0 Å². The average molecular weight is 431 g/mol. The van der Waals surface area contributed by atoms with Gasteiger partial charge in [0.25, 0.3) is 11.8 Å². The standard InChI is InChI=1S/C26H30N4O2/c1-3-20-10-12-22(13-11-20)25(31)28-14-16-29(17-15-28)26(32)23-18-27-30(24(23)4-2)19-21-8-6-5-7-9-21/h5-13,18H,3-4,14-17,19H2,1-2H3. The van der Waals surface area contributed by atoms with Crippen LogP contribution in [0.15, 0.2) is 60.8 Å². The third kappa shape index (κ3) is 4.59. The highest BCUT2D eigenvalue weighted by Gasteiger charge is 2.27. The normalized spacial score (nSPS) is 13.9. The second kappa shape index (κ2) is 9.81. The lowest BCUT2D eigenvalue weighted by Crippen LogP contribution is -2.50. The molecule has 1 aromatic heterocycles. The van der Waals surface area contributed by atoms with E-state index in [0.29, 0.717) is 43.9 Å². The summed E-state index contributed by atoms with van der Waals surface area (Å²) in [7, 11) is 0. The molecule has 2 aromatic carbocycles. The van der Waals surface area contributed by atoms with Crippen molar-refractivity contribution in [1.82, 2.24) is 19.6 Å². The molecule has 1 aliphatic rings. The predicted molar refractivity (Wildman–Crippen MR) is 125 cm³/mol. The second-order valence-corrected chi connectivity index (χ2v) is 8.14. The van der Waals surface area contributed by atoms with E-state index in [1.54, 1.807) is 6.20 Å². The van der Waals surface area contributed by atoms with E-state index in [4.69, 9.17) is 0 Å². The summed E-state index contributed by atoms with van der Waals surface area (Å²) in [6.45, 7) is 6.95. The fraction of sp³-hybridized carbons (Fsp3) is 0.346. The fourth-order valence-corrected chi connectivity index (χ4v) is 4.20. The molecule has 2 heterocycles. The Hall–Kier alpha value is -3.41. The molecule has 6 nitrogen and oxygen atoms in total. The van der Waals surface area contributed by atoms with Crippen molar-refractivity contribution in [2.24, 2.45) is 0 Å². The molecule has 0 unspecified atom stereocenters. The molecule has 0 spiro atoms. The third-order valence-corrected chi connectivity index (χ3v) is 6.15. The van der Waals surface area contributed by atoms with Gasteiger partial charge in [-0.1, -0.05) is 56.3 Å². The van der Waals surface area contributed by atoms with Crippen molar-refractivity contribution in [3.63, 3.8) is 0 Å². The van der Waals surface area contributed by atoms with E-state index in [2.05, 4.69) is 31.1 Å². The molecule has 3 aromatic rings. The molecule has 6 heteroatoms. The van der Waals surface area contributed by atoms with Crippen molar-refractivity contribution in [3.05, 3.63) is 88.7 Å². The zero-order chi connectivity index (χ0) is 22.5. The lowest BCUT2D eigenvalue weighted by molar-refractivity contribution is 0.0535. The van der Waals surface area contributed by atoms with E-state index in [9.17, 15) is 9.59 Å². The maximum Gasteiger partial charge on any atom is 0.257 e. The Morgan fingerprint density at radius 3 is 2.00 bits per heavy atom. The molecule has 1 aliphatic heterocycles. The van der Waals surface area contributed by atoms with E-state index in [-0.39, 0.29) is 11.8 Å². The average Bonchev–Trinajstić information content (AvgIpc) is 3.26. The second-order valence-electron chi connectivity index (χ2n) is 8.14.